The zero-order chi connectivity index (χ0) is 13.1. The lowest BCUT2D eigenvalue weighted by molar-refractivity contribution is -0.140. The third-order valence-corrected chi connectivity index (χ3v) is 2.08. The fraction of sp³-hybridized carbons (Fsp3) is 0.571. The van der Waals surface area contributed by atoms with Crippen LogP contribution < -0.4 is 0 Å². The highest BCUT2D eigenvalue weighted by Crippen LogP contribution is 2.05. The van der Waals surface area contributed by atoms with Crippen LogP contribution in [0.15, 0.2) is 28.3 Å². The van der Waals surface area contributed by atoms with Crippen molar-refractivity contribution in [2.24, 2.45) is 4.99 Å². The van der Waals surface area contributed by atoms with Gasteiger partial charge in [0.2, 0.25) is 0 Å². The minimum atomic E-state index is -0.256. The summed E-state index contributed by atoms with van der Waals surface area (Å²) in [5.74, 6) is -0.256. The molecule has 0 rings (SSSR count). The highest BCUT2D eigenvalue weighted by Gasteiger charge is 1.89. The third-order valence-electron chi connectivity index (χ3n) is 2.08. The lowest BCUT2D eigenvalue weighted by Crippen LogP contribution is -2.02. The topological polar surface area (TPSA) is 38.7 Å². The first kappa shape index (κ1) is 15.6. The van der Waals surface area contributed by atoms with Crippen LogP contribution in [0, 0.1) is 0 Å². The molecule has 0 radical (unpaired) electrons. The number of hydrogen-bond acceptors (Lipinski definition) is 3. The molecule has 0 aliphatic rings. The van der Waals surface area contributed by atoms with E-state index < -0.39 is 0 Å². The number of nitrogens with zero attached hydrogens (tertiary/aromatic N) is 1. The van der Waals surface area contributed by atoms with Gasteiger partial charge in [0, 0.05) is 13.1 Å². The van der Waals surface area contributed by atoms with E-state index in [1.165, 1.54) is 18.1 Å². The second-order valence-corrected chi connectivity index (χ2v) is 4.23. The van der Waals surface area contributed by atoms with Gasteiger partial charge in [0.15, 0.2) is 0 Å². The van der Waals surface area contributed by atoms with Gasteiger partial charge in [-0.3, -0.25) is 9.79 Å². The summed E-state index contributed by atoms with van der Waals surface area (Å²) in [6.45, 7) is 8.59. The Labute approximate surface area is 104 Å². The van der Waals surface area contributed by atoms with E-state index in [0.717, 1.165) is 12.8 Å². The fourth-order valence-corrected chi connectivity index (χ4v) is 1.17. The van der Waals surface area contributed by atoms with E-state index in [1.807, 2.05) is 6.08 Å². The Morgan fingerprint density at radius 1 is 1.24 bits per heavy atom. The van der Waals surface area contributed by atoms with E-state index in [1.54, 1.807) is 6.21 Å². The quantitative estimate of drug-likeness (QED) is 0.295. The minimum absolute atomic E-state index is 0.256. The third kappa shape index (κ3) is 12.6. The summed E-state index contributed by atoms with van der Waals surface area (Å²) in [6.07, 6.45) is 8.15. The van der Waals surface area contributed by atoms with Crippen molar-refractivity contribution in [2.75, 3.05) is 13.2 Å². The summed E-state index contributed by atoms with van der Waals surface area (Å²) in [6, 6.07) is 0. The Morgan fingerprint density at radius 3 is 2.53 bits per heavy atom. The smallest absolute Gasteiger partial charge is 0.302 e. The number of ether oxygens (including phenoxy) is 1. The predicted molar refractivity (Wildman–Crippen MR) is 72.4 cm³/mol. The minimum Gasteiger partial charge on any atom is -0.464 e. The number of rotatable bonds is 7. The first-order valence-corrected chi connectivity index (χ1v) is 5.94. The number of aliphatic imine (C=N–C) groups is 1. The maximum Gasteiger partial charge on any atom is 0.302 e. The molecule has 0 heterocycles. The molecule has 3 nitrogen and oxygen atoms in total. The molecule has 0 N–H and O–H groups in total. The van der Waals surface area contributed by atoms with Crippen molar-refractivity contribution in [1.29, 1.82) is 0 Å². The summed E-state index contributed by atoms with van der Waals surface area (Å²) in [5.41, 5.74) is 2.66. The van der Waals surface area contributed by atoms with Crippen LogP contribution in [-0.4, -0.2) is 25.3 Å². The van der Waals surface area contributed by atoms with E-state index in [0.29, 0.717) is 13.2 Å². The molecule has 0 aliphatic carbocycles. The zero-order valence-corrected chi connectivity index (χ0v) is 11.3. The molecule has 0 amide bonds. The first-order valence-electron chi connectivity index (χ1n) is 5.94. The Bertz CT molecular complexity index is 310. The molecule has 3 heteroatoms. The summed E-state index contributed by atoms with van der Waals surface area (Å²) in [7, 11) is 0. The molecule has 0 aromatic rings. The van der Waals surface area contributed by atoms with Crippen molar-refractivity contribution < 1.29 is 9.53 Å². The molecular weight excluding hydrogens is 214 g/mol. The summed E-state index contributed by atoms with van der Waals surface area (Å²) >= 11 is 0. The Morgan fingerprint density at radius 2 is 1.94 bits per heavy atom. The van der Waals surface area contributed by atoms with Crippen LogP contribution in [0.5, 0.6) is 0 Å². The highest BCUT2D eigenvalue weighted by molar-refractivity contribution is 5.72. The maximum absolute atomic E-state index is 10.5. The molecule has 0 spiro atoms. The summed E-state index contributed by atoms with van der Waals surface area (Å²) in [5, 5.41) is 0. The molecule has 0 aromatic heterocycles. The van der Waals surface area contributed by atoms with E-state index >= 15 is 0 Å². The second-order valence-electron chi connectivity index (χ2n) is 4.23. The van der Waals surface area contributed by atoms with Crippen molar-refractivity contribution in [3.05, 3.63) is 23.3 Å². The predicted octanol–water partition coefficient (Wildman–Crippen LogP) is 3.31. The molecule has 0 aromatic carbocycles. The van der Waals surface area contributed by atoms with Gasteiger partial charge >= 0.3 is 5.97 Å². The molecule has 0 aliphatic heterocycles. The summed E-state index contributed by atoms with van der Waals surface area (Å²) in [4.78, 5) is 14.6. The average Bonchev–Trinajstić information content (AvgIpc) is 2.22. The molecule has 0 atom stereocenters. The van der Waals surface area contributed by atoms with Gasteiger partial charge in [-0.15, -0.1) is 0 Å². The van der Waals surface area contributed by atoms with Gasteiger partial charge in [0.25, 0.3) is 0 Å². The molecular formula is C14H23NO2. The molecule has 0 unspecified atom stereocenters. The van der Waals surface area contributed by atoms with Gasteiger partial charge in [-0.25, -0.2) is 0 Å². The maximum atomic E-state index is 10.5. The number of carbonyl (C=O) groups is 1. The normalized spacial score (nSPS) is 11.6. The number of carbonyl (C=O) groups excluding carboxylic acids is 1. The Balaban J connectivity index is 3.71. The average molecular weight is 237 g/mol. The van der Waals surface area contributed by atoms with Crippen molar-refractivity contribution in [2.45, 2.75) is 40.5 Å². The van der Waals surface area contributed by atoms with Gasteiger partial charge in [-0.1, -0.05) is 17.2 Å². The fourth-order valence-electron chi connectivity index (χ4n) is 1.17. The second kappa shape index (κ2) is 9.82. The molecule has 0 saturated heterocycles. The lowest BCUT2D eigenvalue weighted by Gasteiger charge is -1.97. The van der Waals surface area contributed by atoms with Crippen molar-refractivity contribution in [3.8, 4) is 0 Å². The van der Waals surface area contributed by atoms with Crippen LogP contribution in [-0.2, 0) is 9.53 Å². The number of esters is 1. The largest absolute Gasteiger partial charge is 0.464 e. The molecule has 17 heavy (non-hydrogen) atoms. The van der Waals surface area contributed by atoms with Gasteiger partial charge in [-0.2, -0.15) is 0 Å². The molecule has 96 valence electrons. The standard InChI is InChI=1S/C14H23NO2/c1-12(2)6-5-7-13(3)8-9-15-10-11-17-14(4)16/h6,8-9H,5,7,10-11H2,1-4H3. The Hall–Kier alpha value is -1.38. The Kier molecular flexibility index (Phi) is 9.02. The highest BCUT2D eigenvalue weighted by atomic mass is 16.5. The van der Waals surface area contributed by atoms with Crippen LogP contribution in [0.25, 0.3) is 0 Å². The molecule has 0 saturated carbocycles. The van der Waals surface area contributed by atoms with Gasteiger partial charge in [0.05, 0.1) is 6.54 Å². The monoisotopic (exact) mass is 237 g/mol. The van der Waals surface area contributed by atoms with Crippen LogP contribution >= 0.6 is 0 Å². The number of allylic oxidation sites excluding steroid dienone is 4. The van der Waals surface area contributed by atoms with E-state index in [-0.39, 0.29) is 5.97 Å². The van der Waals surface area contributed by atoms with E-state index in [4.69, 9.17) is 4.74 Å². The summed E-state index contributed by atoms with van der Waals surface area (Å²) < 4.78 is 4.76. The lowest BCUT2D eigenvalue weighted by atomic mass is 10.1. The van der Waals surface area contributed by atoms with Crippen LogP contribution in [0.2, 0.25) is 0 Å². The number of hydrogen-bond donors (Lipinski definition) is 0. The molecule has 0 fully saturated rings. The van der Waals surface area contributed by atoms with Gasteiger partial charge < -0.3 is 4.74 Å². The van der Waals surface area contributed by atoms with E-state index in [9.17, 15) is 4.79 Å². The molecule has 0 bridgehead atoms. The van der Waals surface area contributed by atoms with Gasteiger partial charge in [-0.05, 0) is 39.7 Å². The zero-order valence-electron chi connectivity index (χ0n) is 11.3. The van der Waals surface area contributed by atoms with E-state index in [2.05, 4.69) is 31.8 Å². The van der Waals surface area contributed by atoms with Crippen LogP contribution in [0.3, 0.4) is 0 Å². The van der Waals surface area contributed by atoms with Crippen molar-refractivity contribution in [3.63, 3.8) is 0 Å². The van der Waals surface area contributed by atoms with Crippen molar-refractivity contribution in [1.82, 2.24) is 0 Å². The van der Waals surface area contributed by atoms with Crippen LogP contribution in [0.4, 0.5) is 0 Å². The van der Waals surface area contributed by atoms with Gasteiger partial charge in [0.1, 0.15) is 6.61 Å². The first-order chi connectivity index (χ1) is 8.02. The van der Waals surface area contributed by atoms with Crippen LogP contribution in [0.1, 0.15) is 40.5 Å². The SMILES string of the molecule is CC(=O)OCCN=CC=C(C)CCC=C(C)C. The van der Waals surface area contributed by atoms with Crippen molar-refractivity contribution >= 4 is 12.2 Å².